The first-order chi connectivity index (χ1) is 9.47. The van der Waals surface area contributed by atoms with Crippen molar-refractivity contribution in [2.24, 2.45) is 11.3 Å². The lowest BCUT2D eigenvalue weighted by molar-refractivity contribution is -0.144. The highest BCUT2D eigenvalue weighted by atomic mass is 16.2. The zero-order valence-corrected chi connectivity index (χ0v) is 13.5. The van der Waals surface area contributed by atoms with Crippen LogP contribution in [0.3, 0.4) is 0 Å². The van der Waals surface area contributed by atoms with Crippen molar-refractivity contribution in [1.29, 1.82) is 0 Å². The fourth-order valence-electron chi connectivity index (χ4n) is 2.46. The van der Waals surface area contributed by atoms with Gasteiger partial charge in [0.1, 0.15) is 5.41 Å². The van der Waals surface area contributed by atoms with Crippen LogP contribution in [0.4, 0.5) is 0 Å². The highest BCUT2D eigenvalue weighted by Gasteiger charge is 2.57. The lowest BCUT2D eigenvalue weighted by Crippen LogP contribution is -2.46. The summed E-state index contributed by atoms with van der Waals surface area (Å²) in [7, 11) is 0. The van der Waals surface area contributed by atoms with Crippen molar-refractivity contribution in [3.63, 3.8) is 0 Å². The Morgan fingerprint density at radius 1 is 1.15 bits per heavy atom. The average molecular weight is 282 g/mol. The Morgan fingerprint density at radius 3 is 2.10 bits per heavy atom. The highest BCUT2D eigenvalue weighted by molar-refractivity contribution is 6.07. The molecule has 1 rings (SSSR count). The van der Waals surface area contributed by atoms with E-state index in [1.807, 2.05) is 4.90 Å². The molecule has 0 atom stereocenters. The van der Waals surface area contributed by atoms with Crippen LogP contribution in [0.15, 0.2) is 0 Å². The molecule has 1 saturated carbocycles. The van der Waals surface area contributed by atoms with E-state index < -0.39 is 5.41 Å². The predicted molar refractivity (Wildman–Crippen MR) is 81.3 cm³/mol. The summed E-state index contributed by atoms with van der Waals surface area (Å²) < 4.78 is 0. The first-order valence-electron chi connectivity index (χ1n) is 8.05. The third kappa shape index (κ3) is 4.22. The van der Waals surface area contributed by atoms with Gasteiger partial charge >= 0.3 is 0 Å². The second-order valence-electron chi connectivity index (χ2n) is 6.31. The zero-order chi connectivity index (χ0) is 15.2. The van der Waals surface area contributed by atoms with Crippen molar-refractivity contribution in [2.45, 2.75) is 59.8 Å². The van der Waals surface area contributed by atoms with Crippen molar-refractivity contribution in [3.8, 4) is 0 Å². The fourth-order valence-corrected chi connectivity index (χ4v) is 2.46. The zero-order valence-electron chi connectivity index (χ0n) is 13.5. The third-order valence-corrected chi connectivity index (χ3v) is 3.88. The molecule has 0 radical (unpaired) electrons. The van der Waals surface area contributed by atoms with Crippen LogP contribution in [-0.2, 0) is 9.59 Å². The number of nitrogens with one attached hydrogen (secondary N) is 1. The standard InChI is InChI=1S/C16H30N2O2/c1-5-11-18(12-6-2)15(20)16(8-9-16)14(19)17-10-7-13(3)4/h13H,5-12H2,1-4H3,(H,17,19). The number of hydrogen-bond acceptors (Lipinski definition) is 2. The van der Waals surface area contributed by atoms with Gasteiger partial charge in [0.25, 0.3) is 0 Å². The van der Waals surface area contributed by atoms with Gasteiger partial charge in [0.2, 0.25) is 11.8 Å². The number of amides is 2. The van der Waals surface area contributed by atoms with Crippen LogP contribution in [0.25, 0.3) is 0 Å². The van der Waals surface area contributed by atoms with E-state index in [4.69, 9.17) is 0 Å². The van der Waals surface area contributed by atoms with Crippen LogP contribution in [0.2, 0.25) is 0 Å². The molecule has 20 heavy (non-hydrogen) atoms. The fraction of sp³-hybridized carbons (Fsp3) is 0.875. The summed E-state index contributed by atoms with van der Waals surface area (Å²) >= 11 is 0. The maximum Gasteiger partial charge on any atom is 0.238 e. The van der Waals surface area contributed by atoms with Crippen LogP contribution >= 0.6 is 0 Å². The van der Waals surface area contributed by atoms with Gasteiger partial charge in [-0.3, -0.25) is 9.59 Å². The van der Waals surface area contributed by atoms with Crippen molar-refractivity contribution < 1.29 is 9.59 Å². The van der Waals surface area contributed by atoms with Crippen LogP contribution in [0.1, 0.15) is 59.8 Å². The minimum Gasteiger partial charge on any atom is -0.355 e. The summed E-state index contributed by atoms with van der Waals surface area (Å²) in [4.78, 5) is 26.8. The first kappa shape index (κ1) is 17.0. The summed E-state index contributed by atoms with van der Waals surface area (Å²) in [5, 5.41) is 2.95. The number of carbonyl (C=O) groups is 2. The number of rotatable bonds is 9. The second kappa shape index (κ2) is 7.65. The van der Waals surface area contributed by atoms with Gasteiger partial charge < -0.3 is 10.2 Å². The van der Waals surface area contributed by atoms with Crippen LogP contribution in [0.5, 0.6) is 0 Å². The molecule has 0 bridgehead atoms. The molecule has 4 nitrogen and oxygen atoms in total. The summed E-state index contributed by atoms with van der Waals surface area (Å²) in [6.45, 7) is 10.6. The van der Waals surface area contributed by atoms with Crippen molar-refractivity contribution in [3.05, 3.63) is 0 Å². The Hall–Kier alpha value is -1.06. The first-order valence-corrected chi connectivity index (χ1v) is 8.05. The van der Waals surface area contributed by atoms with Crippen LogP contribution in [-0.4, -0.2) is 36.3 Å². The summed E-state index contributed by atoms with van der Waals surface area (Å²) in [6, 6.07) is 0. The molecule has 2 amide bonds. The molecular weight excluding hydrogens is 252 g/mol. The SMILES string of the molecule is CCCN(CCC)C(=O)C1(C(=O)NCCC(C)C)CC1. The molecular formula is C16H30N2O2. The van der Waals surface area contributed by atoms with Gasteiger partial charge in [-0.1, -0.05) is 27.7 Å². The molecule has 0 aromatic rings. The Kier molecular flexibility index (Phi) is 6.50. The van der Waals surface area contributed by atoms with E-state index >= 15 is 0 Å². The molecule has 1 N–H and O–H groups in total. The molecule has 1 aliphatic rings. The molecule has 116 valence electrons. The van der Waals surface area contributed by atoms with Gasteiger partial charge in [0, 0.05) is 19.6 Å². The highest BCUT2D eigenvalue weighted by Crippen LogP contribution is 2.47. The van der Waals surface area contributed by atoms with Gasteiger partial charge in [-0.15, -0.1) is 0 Å². The Morgan fingerprint density at radius 2 is 1.70 bits per heavy atom. The number of carbonyl (C=O) groups excluding carboxylic acids is 2. The third-order valence-electron chi connectivity index (χ3n) is 3.88. The minimum atomic E-state index is -0.735. The van der Waals surface area contributed by atoms with E-state index in [1.165, 1.54) is 0 Å². The van der Waals surface area contributed by atoms with Gasteiger partial charge in [0.15, 0.2) is 0 Å². The molecule has 0 aromatic carbocycles. The average Bonchev–Trinajstić information content (AvgIpc) is 3.18. The second-order valence-corrected chi connectivity index (χ2v) is 6.31. The monoisotopic (exact) mass is 282 g/mol. The van der Waals surface area contributed by atoms with E-state index in [1.54, 1.807) is 0 Å². The Labute approximate surface area is 123 Å². The van der Waals surface area contributed by atoms with E-state index in [9.17, 15) is 9.59 Å². The smallest absolute Gasteiger partial charge is 0.238 e. The van der Waals surface area contributed by atoms with E-state index in [0.717, 1.165) is 32.4 Å². The Bertz CT molecular complexity index is 329. The molecule has 1 aliphatic carbocycles. The van der Waals surface area contributed by atoms with Gasteiger partial charge in [0.05, 0.1) is 0 Å². The van der Waals surface area contributed by atoms with Crippen LogP contribution < -0.4 is 5.32 Å². The summed E-state index contributed by atoms with van der Waals surface area (Å²) in [5.41, 5.74) is -0.735. The van der Waals surface area contributed by atoms with E-state index in [2.05, 4.69) is 33.0 Å². The Balaban J connectivity index is 2.58. The quantitative estimate of drug-likeness (QED) is 0.661. The van der Waals surface area contributed by atoms with Crippen molar-refractivity contribution in [1.82, 2.24) is 10.2 Å². The molecule has 0 unspecified atom stereocenters. The molecule has 0 saturated heterocycles. The van der Waals surface area contributed by atoms with Crippen molar-refractivity contribution in [2.75, 3.05) is 19.6 Å². The molecule has 1 fully saturated rings. The minimum absolute atomic E-state index is 0.0447. The topological polar surface area (TPSA) is 49.4 Å². The normalized spacial score (nSPS) is 16.1. The molecule has 4 heteroatoms. The molecule has 0 spiro atoms. The van der Waals surface area contributed by atoms with E-state index in [-0.39, 0.29) is 11.8 Å². The lowest BCUT2D eigenvalue weighted by Gasteiger charge is -2.26. The summed E-state index contributed by atoms with van der Waals surface area (Å²) in [5.74, 6) is 0.557. The van der Waals surface area contributed by atoms with E-state index in [0.29, 0.717) is 25.3 Å². The maximum absolute atomic E-state index is 12.6. The summed E-state index contributed by atoms with van der Waals surface area (Å²) in [6.07, 6.45) is 4.27. The van der Waals surface area contributed by atoms with Gasteiger partial charge in [-0.05, 0) is 38.0 Å². The van der Waals surface area contributed by atoms with Gasteiger partial charge in [-0.2, -0.15) is 0 Å². The molecule has 0 aliphatic heterocycles. The van der Waals surface area contributed by atoms with Gasteiger partial charge in [-0.25, -0.2) is 0 Å². The molecule has 0 aromatic heterocycles. The molecule has 0 heterocycles. The number of hydrogen-bond donors (Lipinski definition) is 1. The van der Waals surface area contributed by atoms with Crippen LogP contribution in [0, 0.1) is 11.3 Å². The van der Waals surface area contributed by atoms with Crippen molar-refractivity contribution >= 4 is 11.8 Å². The lowest BCUT2D eigenvalue weighted by atomic mass is 10.0. The largest absolute Gasteiger partial charge is 0.355 e. The predicted octanol–water partition coefficient (Wildman–Crippen LogP) is 2.58. The maximum atomic E-state index is 12.6. The number of nitrogens with zero attached hydrogens (tertiary/aromatic N) is 1.